The van der Waals surface area contributed by atoms with Gasteiger partial charge in [-0.1, -0.05) is 58.0 Å². The molecule has 0 unspecified atom stereocenters. The Hall–Kier alpha value is -0.330. The van der Waals surface area contributed by atoms with Crippen molar-refractivity contribution in [3.8, 4) is 0 Å². The zero-order chi connectivity index (χ0) is 17.5. The van der Waals surface area contributed by atoms with Crippen molar-refractivity contribution in [3.05, 3.63) is 27.2 Å². The minimum absolute atomic E-state index is 0.0536. The summed E-state index contributed by atoms with van der Waals surface area (Å²) in [5.74, 6) is -0.994. The van der Waals surface area contributed by atoms with Crippen molar-refractivity contribution < 1.29 is 13.9 Å². The van der Waals surface area contributed by atoms with E-state index < -0.39 is 17.1 Å². The number of unbranched alkanes of at least 4 members (excludes halogenated alkanes) is 2. The molecule has 0 bridgehead atoms. The first-order valence-electron chi connectivity index (χ1n) is 6.46. The Morgan fingerprint density at radius 1 is 1.13 bits per heavy atom. The van der Waals surface area contributed by atoms with Gasteiger partial charge in [0, 0.05) is 5.02 Å². The number of ether oxygens (including phenoxy) is 1. The highest BCUT2D eigenvalue weighted by Crippen LogP contribution is 2.37. The van der Waals surface area contributed by atoms with Crippen molar-refractivity contribution in [2.45, 2.75) is 23.7 Å². The first-order valence-corrected chi connectivity index (χ1v) is 8.35. The van der Waals surface area contributed by atoms with Crippen LogP contribution in [0.3, 0.4) is 0 Å². The van der Waals surface area contributed by atoms with Gasteiger partial charge in [-0.05, 0) is 31.4 Å². The summed E-state index contributed by atoms with van der Waals surface area (Å²) >= 11 is 29.1. The summed E-state index contributed by atoms with van der Waals surface area (Å²) in [5, 5.41) is 7.74. The van der Waals surface area contributed by atoms with Crippen LogP contribution in [0.1, 0.15) is 19.3 Å². The first kappa shape index (κ1) is 20.7. The number of carbonyl (C=O) groups is 1. The Morgan fingerprint density at radius 3 is 2.30 bits per heavy atom. The van der Waals surface area contributed by atoms with E-state index in [1.54, 1.807) is 0 Å². The number of halogens is 6. The fraction of sp³-hybridized carbons (Fsp3) is 0.462. The molecular formula is C13H12Cl5FN2O2. The third kappa shape index (κ3) is 6.98. The zero-order valence-electron chi connectivity index (χ0n) is 11.7. The number of hydrogen-bond acceptors (Lipinski definition) is 4. The maximum atomic E-state index is 11.9. The highest BCUT2D eigenvalue weighted by Gasteiger charge is 2.36. The van der Waals surface area contributed by atoms with E-state index in [-0.39, 0.29) is 22.3 Å². The molecule has 4 nitrogen and oxygen atoms in total. The molecule has 23 heavy (non-hydrogen) atoms. The fourth-order valence-electron chi connectivity index (χ4n) is 1.41. The monoisotopic (exact) mass is 422 g/mol. The molecule has 10 heteroatoms. The van der Waals surface area contributed by atoms with E-state index in [0.29, 0.717) is 24.3 Å². The van der Waals surface area contributed by atoms with E-state index in [0.717, 1.165) is 0 Å². The average Bonchev–Trinajstić information content (AvgIpc) is 2.45. The molecule has 1 rings (SSSR count). The van der Waals surface area contributed by atoms with Gasteiger partial charge in [-0.15, -0.1) is 10.2 Å². The predicted molar refractivity (Wildman–Crippen MR) is 91.2 cm³/mol. The molecule has 0 atom stereocenters. The van der Waals surface area contributed by atoms with Gasteiger partial charge in [0.15, 0.2) is 0 Å². The highest BCUT2D eigenvalue weighted by molar-refractivity contribution is 6.57. The summed E-state index contributed by atoms with van der Waals surface area (Å²) in [5.41, 5.74) is 0.0687. The normalized spacial score (nSPS) is 11.9. The van der Waals surface area contributed by atoms with Gasteiger partial charge in [0.2, 0.25) is 0 Å². The maximum Gasteiger partial charge on any atom is 0.367 e. The molecule has 0 fully saturated rings. The van der Waals surface area contributed by atoms with Gasteiger partial charge in [-0.2, -0.15) is 0 Å². The van der Waals surface area contributed by atoms with Gasteiger partial charge in [0.25, 0.3) is 0 Å². The molecule has 0 N–H and O–H groups in total. The van der Waals surface area contributed by atoms with Crippen LogP contribution < -0.4 is 0 Å². The van der Waals surface area contributed by atoms with E-state index in [1.165, 1.54) is 12.1 Å². The number of carbonyl (C=O) groups excluding carboxylic acids is 1. The third-order valence-electron chi connectivity index (χ3n) is 2.51. The molecule has 0 heterocycles. The van der Waals surface area contributed by atoms with Gasteiger partial charge in [0.1, 0.15) is 5.69 Å². The maximum absolute atomic E-state index is 11.9. The van der Waals surface area contributed by atoms with Crippen molar-refractivity contribution >= 4 is 69.7 Å². The van der Waals surface area contributed by atoms with Crippen molar-refractivity contribution in [1.29, 1.82) is 0 Å². The molecular weight excluding hydrogens is 412 g/mol. The van der Waals surface area contributed by atoms with Crippen molar-refractivity contribution in [2.75, 3.05) is 13.3 Å². The minimum atomic E-state index is -2.24. The summed E-state index contributed by atoms with van der Waals surface area (Å²) in [6.07, 6.45) is 1.47. The fourth-order valence-corrected chi connectivity index (χ4v) is 2.49. The second-order valence-corrected chi connectivity index (χ2v) is 6.88. The number of azo groups is 1. The molecule has 0 saturated heterocycles. The smallest absolute Gasteiger partial charge is 0.367 e. The second kappa shape index (κ2) is 9.84. The van der Waals surface area contributed by atoms with Crippen LogP contribution in [0.4, 0.5) is 10.1 Å². The average molecular weight is 425 g/mol. The standard InChI is InChI=1S/C13H12Cl5FN2O2/c14-8-6-9(15)11(10(16)7-8)20-21-13(17,18)12(22)23-5-3-1-2-4-19/h6-7H,1-5H2/b21-20+. The second-order valence-electron chi connectivity index (χ2n) is 4.34. The van der Waals surface area contributed by atoms with Gasteiger partial charge < -0.3 is 4.74 Å². The van der Waals surface area contributed by atoms with Crippen LogP contribution in [0.5, 0.6) is 0 Å². The predicted octanol–water partition coefficient (Wildman–Crippen LogP) is 6.54. The molecule has 1 aromatic carbocycles. The number of benzene rings is 1. The lowest BCUT2D eigenvalue weighted by atomic mass is 10.3. The lowest BCUT2D eigenvalue weighted by molar-refractivity contribution is -0.144. The molecule has 0 saturated carbocycles. The molecule has 128 valence electrons. The molecule has 0 aliphatic heterocycles. The molecule has 0 spiro atoms. The summed E-state index contributed by atoms with van der Waals surface area (Å²) in [4.78, 5) is 11.7. The van der Waals surface area contributed by atoms with Gasteiger partial charge in [-0.3, -0.25) is 4.39 Å². The van der Waals surface area contributed by atoms with Crippen molar-refractivity contribution in [3.63, 3.8) is 0 Å². The van der Waals surface area contributed by atoms with Crippen LogP contribution in [0.15, 0.2) is 22.4 Å². The molecule has 0 aliphatic rings. The van der Waals surface area contributed by atoms with E-state index in [1.807, 2.05) is 0 Å². The number of hydrogen-bond donors (Lipinski definition) is 0. The van der Waals surface area contributed by atoms with Gasteiger partial charge in [-0.25, -0.2) is 4.79 Å². The van der Waals surface area contributed by atoms with Crippen LogP contribution in [-0.4, -0.2) is 23.7 Å². The summed E-state index contributed by atoms with van der Waals surface area (Å²) < 4.78 is 14.5. The Morgan fingerprint density at radius 2 is 1.74 bits per heavy atom. The quantitative estimate of drug-likeness (QED) is 0.156. The lowest BCUT2D eigenvalue weighted by Gasteiger charge is -2.12. The zero-order valence-corrected chi connectivity index (χ0v) is 15.4. The topological polar surface area (TPSA) is 51.0 Å². The minimum Gasteiger partial charge on any atom is -0.462 e. The summed E-state index contributed by atoms with van der Waals surface area (Å²) in [6, 6.07) is 2.80. The van der Waals surface area contributed by atoms with Crippen LogP contribution >= 0.6 is 58.0 Å². The number of nitrogens with zero attached hydrogens (tertiary/aromatic N) is 2. The molecule has 1 aromatic rings. The van der Waals surface area contributed by atoms with Gasteiger partial charge >= 0.3 is 10.4 Å². The lowest BCUT2D eigenvalue weighted by Crippen LogP contribution is -2.26. The van der Waals surface area contributed by atoms with Crippen LogP contribution in [-0.2, 0) is 9.53 Å². The summed E-state index contributed by atoms with van der Waals surface area (Å²) in [6.45, 7) is -0.363. The summed E-state index contributed by atoms with van der Waals surface area (Å²) in [7, 11) is 0. The van der Waals surface area contributed by atoms with Crippen molar-refractivity contribution in [1.82, 2.24) is 0 Å². The van der Waals surface area contributed by atoms with Crippen molar-refractivity contribution in [2.24, 2.45) is 10.2 Å². The van der Waals surface area contributed by atoms with Crippen LogP contribution in [0.25, 0.3) is 0 Å². The SMILES string of the molecule is O=C(OCCCCCF)C(Cl)(Cl)/N=N/c1c(Cl)cc(Cl)cc1Cl. The third-order valence-corrected chi connectivity index (χ3v) is 3.77. The Labute approximate surface area is 157 Å². The van der Waals surface area contributed by atoms with E-state index in [4.69, 9.17) is 62.7 Å². The Bertz CT molecular complexity index is 560. The number of rotatable bonds is 8. The number of esters is 1. The van der Waals surface area contributed by atoms with Crippen LogP contribution in [0, 0.1) is 0 Å². The van der Waals surface area contributed by atoms with E-state index >= 15 is 0 Å². The van der Waals surface area contributed by atoms with E-state index in [2.05, 4.69) is 10.2 Å². The Balaban J connectivity index is 2.68. The highest BCUT2D eigenvalue weighted by atomic mass is 35.5. The van der Waals surface area contributed by atoms with Crippen LogP contribution in [0.2, 0.25) is 15.1 Å². The molecule has 0 radical (unpaired) electrons. The molecule has 0 amide bonds. The Kier molecular flexibility index (Phi) is 8.86. The number of alkyl halides is 3. The largest absolute Gasteiger partial charge is 0.462 e. The van der Waals surface area contributed by atoms with E-state index in [9.17, 15) is 9.18 Å². The molecule has 0 aromatic heterocycles. The first-order chi connectivity index (χ1) is 10.8. The molecule has 0 aliphatic carbocycles. The van der Waals surface area contributed by atoms with Gasteiger partial charge in [0.05, 0.1) is 23.3 Å².